The third-order valence-corrected chi connectivity index (χ3v) is 7.03. The van der Waals surface area contributed by atoms with Gasteiger partial charge in [-0.25, -0.2) is 0 Å². The minimum atomic E-state index is -0.534. The van der Waals surface area contributed by atoms with Gasteiger partial charge < -0.3 is 10.1 Å². The first-order valence-corrected chi connectivity index (χ1v) is 12.5. The molecule has 4 aromatic rings. The molecular weight excluding hydrogens is 492 g/mol. The van der Waals surface area contributed by atoms with Crippen LogP contribution in [0.2, 0.25) is 0 Å². The van der Waals surface area contributed by atoms with Crippen molar-refractivity contribution >= 4 is 40.4 Å². The number of rotatable bonds is 7. The third kappa shape index (κ3) is 4.76. The van der Waals surface area contributed by atoms with Crippen LogP contribution in [0.5, 0.6) is 0 Å². The molecule has 0 saturated heterocycles. The fraction of sp³-hybridized carbons (Fsp3) is 0.231. The summed E-state index contributed by atoms with van der Waals surface area (Å²) in [4.78, 5) is 23.4. The van der Waals surface area contributed by atoms with E-state index in [1.165, 1.54) is 18.2 Å². The number of nitro groups is 1. The Morgan fingerprint density at radius 2 is 2.00 bits per heavy atom. The summed E-state index contributed by atoms with van der Waals surface area (Å²) in [6.45, 7) is 4.24. The number of carbonyl (C=O) groups excluding carboxylic acids is 1. The Morgan fingerprint density at radius 3 is 2.73 bits per heavy atom. The second-order valence-electron chi connectivity index (χ2n) is 9.17. The van der Waals surface area contributed by atoms with Crippen molar-refractivity contribution < 1.29 is 14.5 Å². The zero-order valence-corrected chi connectivity index (χ0v) is 20.9. The number of nitro benzene ring substituents is 1. The number of carbonyl (C=O) groups is 1. The Balaban J connectivity index is 1.58. The van der Waals surface area contributed by atoms with E-state index in [9.17, 15) is 20.2 Å². The Bertz CT molecular complexity index is 1580. The zero-order chi connectivity index (χ0) is 26.2. The molecule has 0 amide bonds. The van der Waals surface area contributed by atoms with Gasteiger partial charge in [-0.2, -0.15) is 5.26 Å². The summed E-state index contributed by atoms with van der Waals surface area (Å²) in [6, 6.07) is 17.5. The Hall–Kier alpha value is -4.27. The van der Waals surface area contributed by atoms with Crippen molar-refractivity contribution in [1.29, 1.82) is 5.26 Å². The van der Waals surface area contributed by atoms with Crippen molar-refractivity contribution in [2.24, 2.45) is 0 Å². The lowest BCUT2D eigenvalue weighted by Gasteiger charge is -2.33. The quantitative estimate of drug-likeness (QED) is 0.155. The number of nitriles is 1. The van der Waals surface area contributed by atoms with E-state index in [4.69, 9.17) is 4.74 Å². The van der Waals surface area contributed by atoms with Crippen LogP contribution >= 0.6 is 11.8 Å². The van der Waals surface area contributed by atoms with Crippen LogP contribution in [0.4, 0.5) is 17.2 Å². The highest BCUT2D eigenvalue weighted by Crippen LogP contribution is 2.38. The Morgan fingerprint density at radius 1 is 1.22 bits per heavy atom. The van der Waals surface area contributed by atoms with Crippen LogP contribution in [0, 0.1) is 21.4 Å². The average molecular weight is 515 g/mol. The third-order valence-electron chi connectivity index (χ3n) is 6.10. The van der Waals surface area contributed by atoms with Crippen LogP contribution in [-0.2, 0) is 17.8 Å². The van der Waals surface area contributed by atoms with Gasteiger partial charge in [0.25, 0.3) is 5.69 Å². The summed E-state index contributed by atoms with van der Waals surface area (Å²) in [7, 11) is 0. The molecule has 1 aliphatic rings. The van der Waals surface area contributed by atoms with Crippen LogP contribution in [0.1, 0.15) is 40.9 Å². The van der Waals surface area contributed by atoms with Gasteiger partial charge in [0.15, 0.2) is 16.6 Å². The molecule has 3 heterocycles. The van der Waals surface area contributed by atoms with Gasteiger partial charge >= 0.3 is 0 Å². The van der Waals surface area contributed by atoms with Crippen molar-refractivity contribution in [3.63, 3.8) is 0 Å². The van der Waals surface area contributed by atoms with Gasteiger partial charge in [-0.3, -0.25) is 19.3 Å². The molecule has 37 heavy (non-hydrogen) atoms. The SMILES string of the molecule is CC1(C)Cc2c(C#N)c(Nc3ccccc3)n3c(SCC(=O)c4cccc([N+](=O)[O-])c4)nnc3c2CO1. The fourth-order valence-corrected chi connectivity index (χ4v) is 5.13. The van der Waals surface area contributed by atoms with E-state index in [1.54, 1.807) is 10.5 Å². The molecule has 0 saturated carbocycles. The van der Waals surface area contributed by atoms with E-state index in [-0.39, 0.29) is 29.4 Å². The minimum absolute atomic E-state index is 0.0186. The van der Waals surface area contributed by atoms with E-state index in [2.05, 4.69) is 21.6 Å². The summed E-state index contributed by atoms with van der Waals surface area (Å²) >= 11 is 1.15. The smallest absolute Gasteiger partial charge is 0.270 e. The molecule has 5 rings (SSSR count). The number of pyridine rings is 1. The number of hydrogen-bond acceptors (Lipinski definition) is 9. The molecule has 1 aliphatic heterocycles. The van der Waals surface area contributed by atoms with E-state index < -0.39 is 10.5 Å². The largest absolute Gasteiger partial charge is 0.370 e. The van der Waals surface area contributed by atoms with Gasteiger partial charge in [-0.05, 0) is 31.5 Å². The highest BCUT2D eigenvalue weighted by atomic mass is 32.2. The molecule has 10 nitrogen and oxygen atoms in total. The molecule has 0 aliphatic carbocycles. The standard InChI is InChI=1S/C26H22N6O4S/c1-26(2)12-19-20(13-27)23(28-17-8-4-3-5-9-17)31-24(21(19)14-36-26)29-30-25(31)37-15-22(33)16-7-6-10-18(11-16)32(34)35/h3-11,28H,12,14-15H2,1-2H3. The van der Waals surface area contributed by atoms with E-state index in [0.717, 1.165) is 28.6 Å². The van der Waals surface area contributed by atoms with E-state index in [0.29, 0.717) is 28.6 Å². The lowest BCUT2D eigenvalue weighted by molar-refractivity contribution is -0.384. The molecule has 1 N–H and O–H groups in total. The summed E-state index contributed by atoms with van der Waals surface area (Å²) in [5.74, 6) is 0.205. The number of thioether (sulfide) groups is 1. The molecule has 2 aromatic heterocycles. The average Bonchev–Trinajstić information content (AvgIpc) is 3.31. The number of fused-ring (bicyclic) bond motifs is 3. The van der Waals surface area contributed by atoms with Crippen molar-refractivity contribution in [3.8, 4) is 6.07 Å². The number of Topliss-reactive ketones (excluding diaryl/α,β-unsaturated/α-hetero) is 1. The first kappa shape index (κ1) is 24.4. The zero-order valence-electron chi connectivity index (χ0n) is 20.1. The van der Waals surface area contributed by atoms with Crippen molar-refractivity contribution in [2.45, 2.75) is 37.6 Å². The van der Waals surface area contributed by atoms with Gasteiger partial charge in [-0.15, -0.1) is 10.2 Å². The second-order valence-corrected chi connectivity index (χ2v) is 10.1. The molecule has 2 aromatic carbocycles. The van der Waals surface area contributed by atoms with Gasteiger partial charge in [0.1, 0.15) is 11.9 Å². The van der Waals surface area contributed by atoms with Crippen LogP contribution in [0.3, 0.4) is 0 Å². The topological polar surface area (TPSA) is 135 Å². The number of nitrogens with one attached hydrogen (secondary N) is 1. The number of ether oxygens (including phenoxy) is 1. The summed E-state index contributed by atoms with van der Waals surface area (Å²) in [5.41, 5.74) is 3.10. The molecule has 0 fully saturated rings. The van der Waals surface area contributed by atoms with Crippen molar-refractivity contribution in [1.82, 2.24) is 14.6 Å². The lowest BCUT2D eigenvalue weighted by Crippen LogP contribution is -2.33. The first-order valence-electron chi connectivity index (χ1n) is 11.5. The van der Waals surface area contributed by atoms with E-state index in [1.807, 2.05) is 44.2 Å². The molecule has 0 spiro atoms. The minimum Gasteiger partial charge on any atom is -0.370 e. The highest BCUT2D eigenvalue weighted by molar-refractivity contribution is 7.99. The maximum absolute atomic E-state index is 12.9. The number of para-hydroxylation sites is 1. The molecule has 186 valence electrons. The summed E-state index contributed by atoms with van der Waals surface area (Å²) in [6.07, 6.45) is 0.534. The number of ketones is 1. The molecule has 0 unspecified atom stereocenters. The fourth-order valence-electron chi connectivity index (χ4n) is 4.30. The van der Waals surface area contributed by atoms with Gasteiger partial charge in [-0.1, -0.05) is 42.1 Å². The van der Waals surface area contributed by atoms with Crippen LogP contribution in [-0.4, -0.2) is 36.7 Å². The first-order chi connectivity index (χ1) is 17.8. The van der Waals surface area contributed by atoms with Gasteiger partial charge in [0.05, 0.1) is 28.4 Å². The van der Waals surface area contributed by atoms with Gasteiger partial charge in [0, 0.05) is 35.4 Å². The summed E-state index contributed by atoms with van der Waals surface area (Å²) in [5, 5.41) is 33.9. The maximum Gasteiger partial charge on any atom is 0.270 e. The number of nitrogens with zero attached hydrogens (tertiary/aromatic N) is 5. The Labute approximate surface area is 216 Å². The summed E-state index contributed by atoms with van der Waals surface area (Å²) < 4.78 is 7.77. The maximum atomic E-state index is 12.9. The molecule has 0 bridgehead atoms. The number of non-ortho nitro benzene ring substituents is 1. The highest BCUT2D eigenvalue weighted by Gasteiger charge is 2.33. The van der Waals surface area contributed by atoms with Crippen LogP contribution in [0.25, 0.3) is 5.65 Å². The molecule has 0 atom stereocenters. The second kappa shape index (κ2) is 9.65. The van der Waals surface area contributed by atoms with Crippen molar-refractivity contribution in [3.05, 3.63) is 87.0 Å². The lowest BCUT2D eigenvalue weighted by atomic mass is 9.89. The van der Waals surface area contributed by atoms with Gasteiger partial charge in [0.2, 0.25) is 0 Å². The molecule has 0 radical (unpaired) electrons. The molecule has 11 heteroatoms. The number of benzene rings is 2. The number of aromatic nitrogens is 3. The number of anilines is 2. The van der Waals surface area contributed by atoms with Crippen LogP contribution in [0.15, 0.2) is 59.8 Å². The normalized spacial score (nSPS) is 14.1. The van der Waals surface area contributed by atoms with Crippen molar-refractivity contribution in [2.75, 3.05) is 11.1 Å². The number of hydrogen-bond donors (Lipinski definition) is 1. The van der Waals surface area contributed by atoms with E-state index >= 15 is 0 Å². The van der Waals surface area contributed by atoms with Crippen LogP contribution < -0.4 is 5.32 Å². The molecular formula is C26H22N6O4S. The predicted octanol–water partition coefficient (Wildman–Crippen LogP) is 5.08. The monoisotopic (exact) mass is 514 g/mol. The predicted molar refractivity (Wildman–Crippen MR) is 138 cm³/mol. The Kier molecular flexibility index (Phi) is 6.37.